The van der Waals surface area contributed by atoms with Crippen LogP contribution >= 0.6 is 0 Å². The molecule has 0 spiro atoms. The molecule has 0 aromatic rings. The molecule has 2 atom stereocenters. The number of methoxy groups -OCH3 is 1. The fourth-order valence-electron chi connectivity index (χ4n) is 1.79. The Kier molecular flexibility index (Phi) is 4.58. The molecule has 0 bridgehead atoms. The summed E-state index contributed by atoms with van der Waals surface area (Å²) >= 11 is 0. The van der Waals surface area contributed by atoms with Crippen molar-refractivity contribution in [3.8, 4) is 0 Å². The molecular formula is C11H20O3. The Bertz CT molecular complexity index is 191. The van der Waals surface area contributed by atoms with Crippen LogP contribution in [0.5, 0.6) is 0 Å². The molecule has 0 saturated carbocycles. The third-order valence-electron chi connectivity index (χ3n) is 2.66. The SMILES string of the molecule is C/C=C/CC[C@@]1(OC)C[C@H](O)CCO1. The monoisotopic (exact) mass is 200 g/mol. The largest absolute Gasteiger partial charge is 0.393 e. The van der Waals surface area contributed by atoms with Crippen LogP contribution in [0.1, 0.15) is 32.6 Å². The van der Waals surface area contributed by atoms with E-state index in [-0.39, 0.29) is 6.10 Å². The van der Waals surface area contributed by atoms with Crippen molar-refractivity contribution in [3.05, 3.63) is 12.2 Å². The average Bonchev–Trinajstić information content (AvgIpc) is 2.18. The number of hydrogen-bond acceptors (Lipinski definition) is 3. The molecule has 1 saturated heterocycles. The van der Waals surface area contributed by atoms with E-state index < -0.39 is 5.79 Å². The minimum absolute atomic E-state index is 0.283. The zero-order valence-electron chi connectivity index (χ0n) is 9.03. The van der Waals surface area contributed by atoms with E-state index in [4.69, 9.17) is 9.47 Å². The number of ether oxygens (including phenoxy) is 2. The van der Waals surface area contributed by atoms with Gasteiger partial charge in [-0.05, 0) is 19.8 Å². The zero-order valence-corrected chi connectivity index (χ0v) is 9.03. The first-order chi connectivity index (χ1) is 6.72. The fourth-order valence-corrected chi connectivity index (χ4v) is 1.79. The standard InChI is InChI=1S/C11H20O3/c1-3-4-5-7-11(13-2)9-10(12)6-8-14-11/h3-4,10,12H,5-9H2,1-2H3/b4-3+/t10-,11+/m1/s1. The van der Waals surface area contributed by atoms with Gasteiger partial charge in [0.1, 0.15) is 0 Å². The van der Waals surface area contributed by atoms with E-state index in [9.17, 15) is 5.11 Å². The van der Waals surface area contributed by atoms with Crippen molar-refractivity contribution in [3.63, 3.8) is 0 Å². The summed E-state index contributed by atoms with van der Waals surface area (Å²) in [7, 11) is 1.65. The van der Waals surface area contributed by atoms with Gasteiger partial charge in [0.15, 0.2) is 5.79 Å². The van der Waals surface area contributed by atoms with Crippen LogP contribution < -0.4 is 0 Å². The Balaban J connectivity index is 2.47. The van der Waals surface area contributed by atoms with Crippen LogP contribution in [-0.4, -0.2) is 30.7 Å². The van der Waals surface area contributed by atoms with Gasteiger partial charge in [0.05, 0.1) is 12.7 Å². The van der Waals surface area contributed by atoms with Gasteiger partial charge in [-0.1, -0.05) is 12.2 Å². The summed E-state index contributed by atoms with van der Waals surface area (Å²) in [5, 5.41) is 9.55. The lowest BCUT2D eigenvalue weighted by atomic mass is 9.98. The molecule has 3 heteroatoms. The second kappa shape index (κ2) is 5.49. The highest BCUT2D eigenvalue weighted by Crippen LogP contribution is 2.30. The molecule has 0 unspecified atom stereocenters. The molecule has 1 N–H and O–H groups in total. The van der Waals surface area contributed by atoms with Gasteiger partial charge in [-0.25, -0.2) is 0 Å². The van der Waals surface area contributed by atoms with Crippen molar-refractivity contribution < 1.29 is 14.6 Å². The normalized spacial score (nSPS) is 33.8. The molecule has 0 radical (unpaired) electrons. The molecule has 0 aliphatic carbocycles. The molecule has 1 aliphatic rings. The van der Waals surface area contributed by atoms with Crippen LogP contribution in [0.15, 0.2) is 12.2 Å². The second-order valence-electron chi connectivity index (χ2n) is 3.72. The van der Waals surface area contributed by atoms with Gasteiger partial charge in [0, 0.05) is 20.0 Å². The van der Waals surface area contributed by atoms with Gasteiger partial charge in [0.2, 0.25) is 0 Å². The molecule has 82 valence electrons. The van der Waals surface area contributed by atoms with Gasteiger partial charge in [-0.2, -0.15) is 0 Å². The summed E-state index contributed by atoms with van der Waals surface area (Å²) in [6.45, 7) is 2.58. The van der Waals surface area contributed by atoms with Crippen molar-refractivity contribution in [2.75, 3.05) is 13.7 Å². The van der Waals surface area contributed by atoms with E-state index in [0.29, 0.717) is 19.4 Å². The lowest BCUT2D eigenvalue weighted by molar-refractivity contribution is -0.262. The maximum atomic E-state index is 9.55. The second-order valence-corrected chi connectivity index (χ2v) is 3.72. The Morgan fingerprint density at radius 1 is 1.64 bits per heavy atom. The lowest BCUT2D eigenvalue weighted by Gasteiger charge is -2.38. The Morgan fingerprint density at radius 3 is 3.00 bits per heavy atom. The number of aliphatic hydroxyl groups excluding tert-OH is 1. The highest BCUT2D eigenvalue weighted by molar-refractivity contribution is 4.84. The Labute approximate surface area is 85.7 Å². The van der Waals surface area contributed by atoms with E-state index in [0.717, 1.165) is 12.8 Å². The van der Waals surface area contributed by atoms with Gasteiger partial charge in [-0.15, -0.1) is 0 Å². The first-order valence-corrected chi connectivity index (χ1v) is 5.21. The highest BCUT2D eigenvalue weighted by atomic mass is 16.7. The first kappa shape index (κ1) is 11.7. The van der Waals surface area contributed by atoms with Crippen LogP contribution in [0.25, 0.3) is 0 Å². The smallest absolute Gasteiger partial charge is 0.170 e. The molecule has 14 heavy (non-hydrogen) atoms. The summed E-state index contributed by atoms with van der Waals surface area (Å²) in [5.74, 6) is -0.558. The number of rotatable bonds is 4. The third kappa shape index (κ3) is 3.08. The van der Waals surface area contributed by atoms with Crippen molar-refractivity contribution in [2.45, 2.75) is 44.5 Å². The van der Waals surface area contributed by atoms with Crippen LogP contribution in [0.2, 0.25) is 0 Å². The molecule has 1 aliphatic heterocycles. The molecule has 1 fully saturated rings. The first-order valence-electron chi connectivity index (χ1n) is 5.21. The van der Waals surface area contributed by atoms with E-state index in [1.165, 1.54) is 0 Å². The lowest BCUT2D eigenvalue weighted by Crippen LogP contribution is -2.43. The summed E-state index contributed by atoms with van der Waals surface area (Å²) in [6, 6.07) is 0. The highest BCUT2D eigenvalue weighted by Gasteiger charge is 2.36. The maximum Gasteiger partial charge on any atom is 0.170 e. The van der Waals surface area contributed by atoms with E-state index in [2.05, 4.69) is 6.08 Å². The topological polar surface area (TPSA) is 38.7 Å². The maximum absolute atomic E-state index is 9.55. The summed E-state index contributed by atoms with van der Waals surface area (Å²) in [4.78, 5) is 0. The van der Waals surface area contributed by atoms with Crippen molar-refractivity contribution >= 4 is 0 Å². The predicted octanol–water partition coefficient (Wildman–Crippen LogP) is 1.86. The quantitative estimate of drug-likeness (QED) is 0.704. The number of allylic oxidation sites excluding steroid dienone is 2. The predicted molar refractivity (Wildman–Crippen MR) is 55.0 cm³/mol. The van der Waals surface area contributed by atoms with Gasteiger partial charge >= 0.3 is 0 Å². The van der Waals surface area contributed by atoms with Gasteiger partial charge < -0.3 is 14.6 Å². The number of aliphatic hydroxyl groups is 1. The van der Waals surface area contributed by atoms with Gasteiger partial charge in [-0.3, -0.25) is 0 Å². The van der Waals surface area contributed by atoms with Crippen molar-refractivity contribution in [2.24, 2.45) is 0 Å². The minimum Gasteiger partial charge on any atom is -0.393 e. The molecule has 1 heterocycles. The number of hydrogen-bond donors (Lipinski definition) is 1. The molecule has 0 amide bonds. The summed E-state index contributed by atoms with van der Waals surface area (Å²) < 4.78 is 11.0. The zero-order chi connectivity index (χ0) is 10.4. The van der Waals surface area contributed by atoms with E-state index >= 15 is 0 Å². The third-order valence-corrected chi connectivity index (χ3v) is 2.66. The molecule has 3 nitrogen and oxygen atoms in total. The Morgan fingerprint density at radius 2 is 2.43 bits per heavy atom. The molecule has 0 aromatic heterocycles. The molecule has 1 rings (SSSR count). The molecular weight excluding hydrogens is 180 g/mol. The average molecular weight is 200 g/mol. The summed E-state index contributed by atoms with van der Waals surface area (Å²) in [5.41, 5.74) is 0. The summed E-state index contributed by atoms with van der Waals surface area (Å²) in [6.07, 6.45) is 6.86. The molecule has 0 aromatic carbocycles. The van der Waals surface area contributed by atoms with E-state index in [1.807, 2.05) is 13.0 Å². The van der Waals surface area contributed by atoms with Crippen LogP contribution in [0.4, 0.5) is 0 Å². The van der Waals surface area contributed by atoms with Crippen LogP contribution in [-0.2, 0) is 9.47 Å². The van der Waals surface area contributed by atoms with Crippen molar-refractivity contribution in [1.82, 2.24) is 0 Å². The van der Waals surface area contributed by atoms with Crippen LogP contribution in [0.3, 0.4) is 0 Å². The van der Waals surface area contributed by atoms with Crippen LogP contribution in [0, 0.1) is 0 Å². The minimum atomic E-state index is -0.558. The van der Waals surface area contributed by atoms with Crippen molar-refractivity contribution in [1.29, 1.82) is 0 Å². The van der Waals surface area contributed by atoms with Gasteiger partial charge in [0.25, 0.3) is 0 Å². The Hall–Kier alpha value is -0.380. The van der Waals surface area contributed by atoms with E-state index in [1.54, 1.807) is 7.11 Å². The fraction of sp³-hybridized carbons (Fsp3) is 0.818.